The third-order valence-electron chi connectivity index (χ3n) is 4.62. The van der Waals surface area contributed by atoms with Crippen molar-refractivity contribution in [1.29, 1.82) is 0 Å². The van der Waals surface area contributed by atoms with Crippen LogP contribution >= 0.6 is 11.8 Å². The molecule has 2 amide bonds. The van der Waals surface area contributed by atoms with Gasteiger partial charge in [-0.1, -0.05) is 24.4 Å². The molecule has 0 saturated carbocycles. The molecular weight excluding hydrogens is 348 g/mol. The van der Waals surface area contributed by atoms with E-state index in [-0.39, 0.29) is 42.3 Å². The molecule has 0 unspecified atom stereocenters. The summed E-state index contributed by atoms with van der Waals surface area (Å²) in [5.74, 6) is -0.550. The lowest BCUT2D eigenvalue weighted by molar-refractivity contribution is -0.152. The van der Waals surface area contributed by atoms with Crippen LogP contribution in [0.5, 0.6) is 0 Å². The highest BCUT2D eigenvalue weighted by Crippen LogP contribution is 2.51. The number of aliphatic hydroxyl groups excluding tert-OH is 1. The number of nitrogens with zero attached hydrogens (tertiary/aromatic N) is 2. The van der Waals surface area contributed by atoms with E-state index in [1.54, 1.807) is 11.9 Å². The standard InChI is InChI=1S/C16H20N2O6S/c1-3-6-23-16(22)24-14-11(7-9-4-5-12(20)17(9)2)25-15-10(8-19)13(21)18(14)15/h3,9-10,15,19H,1,4-8H2,2H3/t9-,10-,15+/m0/s1. The van der Waals surface area contributed by atoms with E-state index in [1.165, 1.54) is 22.7 Å². The second kappa shape index (κ2) is 7.09. The summed E-state index contributed by atoms with van der Waals surface area (Å²) in [5, 5.41) is 9.08. The van der Waals surface area contributed by atoms with Gasteiger partial charge in [-0.05, 0) is 6.42 Å². The predicted molar refractivity (Wildman–Crippen MR) is 88.9 cm³/mol. The Morgan fingerprint density at radius 2 is 2.24 bits per heavy atom. The first-order chi connectivity index (χ1) is 12.0. The van der Waals surface area contributed by atoms with Crippen molar-refractivity contribution in [3.63, 3.8) is 0 Å². The topological polar surface area (TPSA) is 96.4 Å². The fourth-order valence-corrected chi connectivity index (χ4v) is 4.66. The van der Waals surface area contributed by atoms with E-state index < -0.39 is 12.1 Å². The number of rotatable bonds is 6. The Bertz CT molecular complexity index is 649. The van der Waals surface area contributed by atoms with Crippen LogP contribution in [0.3, 0.4) is 0 Å². The number of amides is 2. The summed E-state index contributed by atoms with van der Waals surface area (Å²) in [6.07, 6.45) is 2.20. The molecule has 3 aliphatic rings. The Labute approximate surface area is 149 Å². The van der Waals surface area contributed by atoms with E-state index in [9.17, 15) is 19.5 Å². The van der Waals surface area contributed by atoms with Crippen molar-refractivity contribution in [3.8, 4) is 0 Å². The van der Waals surface area contributed by atoms with Gasteiger partial charge in [-0.2, -0.15) is 0 Å². The molecule has 25 heavy (non-hydrogen) atoms. The molecule has 0 aromatic carbocycles. The van der Waals surface area contributed by atoms with E-state index in [0.29, 0.717) is 12.8 Å². The number of aliphatic hydroxyl groups is 1. The third kappa shape index (κ3) is 3.13. The average Bonchev–Trinajstić information content (AvgIpc) is 3.06. The minimum atomic E-state index is -0.912. The normalized spacial score (nSPS) is 28.2. The first-order valence-electron chi connectivity index (χ1n) is 8.02. The van der Waals surface area contributed by atoms with Gasteiger partial charge < -0.3 is 19.5 Å². The molecule has 3 rings (SSSR count). The minimum absolute atomic E-state index is 0.000765. The number of fused-ring (bicyclic) bond motifs is 1. The first kappa shape index (κ1) is 17.8. The molecule has 0 aliphatic carbocycles. The molecule has 0 spiro atoms. The highest BCUT2D eigenvalue weighted by Gasteiger charge is 2.55. The van der Waals surface area contributed by atoms with Crippen molar-refractivity contribution in [1.82, 2.24) is 9.80 Å². The zero-order valence-electron chi connectivity index (χ0n) is 13.8. The minimum Gasteiger partial charge on any atom is -0.430 e. The number of thioether (sulfide) groups is 1. The number of likely N-dealkylation sites (tertiary alicyclic amines) is 1. The van der Waals surface area contributed by atoms with Crippen LogP contribution in [0.1, 0.15) is 19.3 Å². The van der Waals surface area contributed by atoms with Crippen molar-refractivity contribution < 1.29 is 29.0 Å². The molecule has 0 bridgehead atoms. The van der Waals surface area contributed by atoms with Crippen LogP contribution in [0, 0.1) is 5.92 Å². The highest BCUT2D eigenvalue weighted by molar-refractivity contribution is 8.04. The Morgan fingerprint density at radius 1 is 1.48 bits per heavy atom. The molecule has 3 heterocycles. The van der Waals surface area contributed by atoms with E-state index in [2.05, 4.69) is 6.58 Å². The van der Waals surface area contributed by atoms with Crippen LogP contribution in [-0.2, 0) is 19.1 Å². The maximum Gasteiger partial charge on any atom is 0.515 e. The molecule has 9 heteroatoms. The second-order valence-corrected chi connectivity index (χ2v) is 7.30. The van der Waals surface area contributed by atoms with Crippen LogP contribution in [-0.4, -0.2) is 64.6 Å². The number of hydrogen-bond donors (Lipinski definition) is 1. The summed E-state index contributed by atoms with van der Waals surface area (Å²) >= 11 is 1.39. The van der Waals surface area contributed by atoms with Crippen LogP contribution in [0.15, 0.2) is 23.4 Å². The van der Waals surface area contributed by atoms with E-state index in [4.69, 9.17) is 9.47 Å². The lowest BCUT2D eigenvalue weighted by Crippen LogP contribution is -2.58. The quantitative estimate of drug-likeness (QED) is 0.425. The molecule has 8 nitrogen and oxygen atoms in total. The molecule has 0 radical (unpaired) electrons. The van der Waals surface area contributed by atoms with Gasteiger partial charge in [-0.25, -0.2) is 4.79 Å². The highest BCUT2D eigenvalue weighted by atomic mass is 32.2. The second-order valence-electron chi connectivity index (χ2n) is 6.09. The SMILES string of the molecule is C=CCOC(=O)OC1=C(C[C@@H]2CCC(=O)N2C)S[C@@H]2[C@@H](CO)C(=O)N12. The summed E-state index contributed by atoms with van der Waals surface area (Å²) in [6.45, 7) is 3.21. The average molecular weight is 368 g/mol. The molecule has 2 saturated heterocycles. The Balaban J connectivity index is 1.77. The van der Waals surface area contributed by atoms with Crippen LogP contribution in [0.25, 0.3) is 0 Å². The summed E-state index contributed by atoms with van der Waals surface area (Å²) in [7, 11) is 1.75. The molecule has 3 aliphatic heterocycles. The number of carbonyl (C=O) groups excluding carboxylic acids is 3. The van der Waals surface area contributed by atoms with Crippen LogP contribution < -0.4 is 0 Å². The third-order valence-corrected chi connectivity index (χ3v) is 6.03. The van der Waals surface area contributed by atoms with Crippen LogP contribution in [0.4, 0.5) is 4.79 Å². The van der Waals surface area contributed by atoms with Crippen molar-refractivity contribution in [2.75, 3.05) is 20.3 Å². The molecule has 136 valence electrons. The number of β-lactam (4-membered cyclic amide) rings is 1. The number of ether oxygens (including phenoxy) is 2. The Morgan fingerprint density at radius 3 is 2.84 bits per heavy atom. The van der Waals surface area contributed by atoms with Gasteiger partial charge in [0.05, 0.1) is 17.4 Å². The molecular formula is C16H20N2O6S. The molecule has 2 fully saturated rings. The summed E-state index contributed by atoms with van der Waals surface area (Å²) in [6, 6.07) is -0.000765. The Kier molecular flexibility index (Phi) is 5.05. The summed E-state index contributed by atoms with van der Waals surface area (Å²) in [5.41, 5.74) is 0. The van der Waals surface area contributed by atoms with Gasteiger partial charge in [0.25, 0.3) is 0 Å². The molecule has 0 aromatic heterocycles. The lowest BCUT2D eigenvalue weighted by Gasteiger charge is -2.40. The Hall–Kier alpha value is -2.00. The van der Waals surface area contributed by atoms with E-state index in [0.717, 1.165) is 11.3 Å². The maximum atomic E-state index is 12.2. The van der Waals surface area contributed by atoms with Gasteiger partial charge >= 0.3 is 6.16 Å². The maximum absolute atomic E-state index is 12.2. The van der Waals surface area contributed by atoms with Gasteiger partial charge in [0.15, 0.2) is 0 Å². The molecule has 0 aromatic rings. The van der Waals surface area contributed by atoms with E-state index >= 15 is 0 Å². The molecule has 3 atom stereocenters. The van der Waals surface area contributed by atoms with Crippen molar-refractivity contribution in [2.45, 2.75) is 30.7 Å². The van der Waals surface area contributed by atoms with Crippen LogP contribution in [0.2, 0.25) is 0 Å². The number of hydrogen-bond acceptors (Lipinski definition) is 7. The fourth-order valence-electron chi connectivity index (χ4n) is 3.17. The number of carbonyl (C=O) groups is 3. The monoisotopic (exact) mass is 368 g/mol. The van der Waals surface area contributed by atoms with Gasteiger partial charge in [-0.15, -0.1) is 0 Å². The predicted octanol–water partition coefficient (Wildman–Crippen LogP) is 1.03. The van der Waals surface area contributed by atoms with Gasteiger partial charge in [0.2, 0.25) is 17.7 Å². The molecule has 1 N–H and O–H groups in total. The summed E-state index contributed by atoms with van der Waals surface area (Å²) in [4.78, 5) is 39.5. The lowest BCUT2D eigenvalue weighted by atomic mass is 10.00. The largest absolute Gasteiger partial charge is 0.515 e. The first-order valence-corrected chi connectivity index (χ1v) is 8.90. The van der Waals surface area contributed by atoms with E-state index in [1.807, 2.05) is 0 Å². The van der Waals surface area contributed by atoms with Crippen molar-refractivity contribution in [2.24, 2.45) is 5.92 Å². The zero-order chi connectivity index (χ0) is 18.1. The van der Waals surface area contributed by atoms with Gasteiger partial charge in [-0.3, -0.25) is 14.5 Å². The van der Waals surface area contributed by atoms with Gasteiger partial charge in [0, 0.05) is 25.9 Å². The summed E-state index contributed by atoms with van der Waals surface area (Å²) < 4.78 is 10.1. The van der Waals surface area contributed by atoms with Gasteiger partial charge in [0.1, 0.15) is 12.0 Å². The fraction of sp³-hybridized carbons (Fsp3) is 0.562. The smallest absolute Gasteiger partial charge is 0.430 e. The zero-order valence-corrected chi connectivity index (χ0v) is 14.7. The van der Waals surface area contributed by atoms with Crippen molar-refractivity contribution in [3.05, 3.63) is 23.4 Å². The van der Waals surface area contributed by atoms with Crippen molar-refractivity contribution >= 4 is 29.7 Å².